The quantitative estimate of drug-likeness (QED) is 0.453. The van der Waals surface area contributed by atoms with Gasteiger partial charge in [-0.2, -0.15) is 13.2 Å². The molecule has 14 heavy (non-hydrogen) atoms. The summed E-state index contributed by atoms with van der Waals surface area (Å²) in [6, 6.07) is 1.03. The van der Waals surface area contributed by atoms with Crippen molar-refractivity contribution in [2.45, 2.75) is 6.18 Å². The van der Waals surface area contributed by atoms with E-state index in [0.29, 0.717) is 12.1 Å². The molecular weight excluding hydrogens is 221 g/mol. The molecule has 1 heterocycles. The van der Waals surface area contributed by atoms with Crippen LogP contribution in [0.25, 0.3) is 0 Å². The van der Waals surface area contributed by atoms with E-state index in [1.165, 1.54) is 0 Å². The summed E-state index contributed by atoms with van der Waals surface area (Å²) >= 11 is 4.42. The first-order valence-electron chi connectivity index (χ1n) is 3.26. The molecule has 0 atom stereocenters. The third-order valence-corrected chi connectivity index (χ3v) is 1.57. The molecular formula is C6H3F3N2O2S. The molecule has 0 aliphatic carbocycles. The van der Waals surface area contributed by atoms with E-state index in [1.54, 1.807) is 0 Å². The Labute approximate surface area is 80.5 Å². The first-order chi connectivity index (χ1) is 6.30. The maximum Gasteiger partial charge on any atom is 0.416 e. The van der Waals surface area contributed by atoms with Crippen molar-refractivity contribution in [1.29, 1.82) is 0 Å². The maximum absolute atomic E-state index is 12.1. The minimum absolute atomic E-state index is 0.327. The summed E-state index contributed by atoms with van der Waals surface area (Å²) < 4.78 is 36.1. The topological polar surface area (TPSA) is 58.9 Å². The average molecular weight is 224 g/mol. The molecule has 0 aliphatic heterocycles. The smallest absolute Gasteiger partial charge is 0.358 e. The van der Waals surface area contributed by atoms with Gasteiger partial charge in [0.1, 0.15) is 0 Å². The van der Waals surface area contributed by atoms with Crippen LogP contribution in [0.15, 0.2) is 12.1 Å². The number of hydrogen-bond acceptors (Lipinski definition) is 3. The normalized spacial score (nSPS) is 11.4. The van der Waals surface area contributed by atoms with E-state index in [2.05, 4.69) is 12.2 Å². The number of nitrogens with one attached hydrogen (secondary N) is 1. The highest BCUT2D eigenvalue weighted by Gasteiger charge is 2.32. The van der Waals surface area contributed by atoms with Crippen molar-refractivity contribution in [2.24, 2.45) is 0 Å². The zero-order valence-corrected chi connectivity index (χ0v) is 7.28. The summed E-state index contributed by atoms with van der Waals surface area (Å²) in [6.07, 6.45) is -4.63. The highest BCUT2D eigenvalue weighted by molar-refractivity contribution is 7.71. The van der Waals surface area contributed by atoms with Crippen LogP contribution in [0.4, 0.5) is 19.0 Å². The lowest BCUT2D eigenvalue weighted by Gasteiger charge is -2.05. The monoisotopic (exact) mass is 224 g/mol. The maximum atomic E-state index is 12.1. The molecule has 0 fully saturated rings. The predicted octanol–water partition coefficient (Wildman–Crippen LogP) is 2.67. The van der Waals surface area contributed by atoms with Crippen molar-refractivity contribution in [3.8, 4) is 0 Å². The molecule has 4 nitrogen and oxygen atoms in total. The van der Waals surface area contributed by atoms with Gasteiger partial charge in [-0.25, -0.2) is 4.98 Å². The lowest BCUT2D eigenvalue weighted by Crippen LogP contribution is -2.06. The second kappa shape index (κ2) is 3.37. The van der Waals surface area contributed by atoms with Crippen LogP contribution >= 0.6 is 12.2 Å². The number of H-pyrrole nitrogens is 1. The van der Waals surface area contributed by atoms with E-state index < -0.39 is 22.5 Å². The Hall–Kier alpha value is -1.44. The molecule has 0 spiro atoms. The minimum atomic E-state index is -4.63. The van der Waals surface area contributed by atoms with E-state index in [1.807, 2.05) is 4.98 Å². The first-order valence-corrected chi connectivity index (χ1v) is 3.67. The van der Waals surface area contributed by atoms with Gasteiger partial charge in [-0.05, 0) is 17.1 Å². The number of aromatic nitrogens is 1. The first kappa shape index (κ1) is 10.6. The van der Waals surface area contributed by atoms with Gasteiger partial charge in [-0.3, -0.25) is 0 Å². The van der Waals surface area contributed by atoms with Crippen LogP contribution < -0.4 is 0 Å². The third-order valence-electron chi connectivity index (χ3n) is 1.35. The lowest BCUT2D eigenvalue weighted by atomic mass is 10.2. The summed E-state index contributed by atoms with van der Waals surface area (Å²) in [5.41, 5.74) is -1.13. The molecule has 76 valence electrons. The number of nitro groups is 1. The van der Waals surface area contributed by atoms with E-state index in [4.69, 9.17) is 0 Å². The van der Waals surface area contributed by atoms with Crippen molar-refractivity contribution < 1.29 is 18.1 Å². The van der Waals surface area contributed by atoms with Gasteiger partial charge in [0.25, 0.3) is 0 Å². The Balaban J connectivity index is 3.35. The second-order valence-electron chi connectivity index (χ2n) is 2.37. The van der Waals surface area contributed by atoms with E-state index >= 15 is 0 Å². The zero-order chi connectivity index (χ0) is 10.9. The molecule has 8 heteroatoms. The molecule has 0 aromatic carbocycles. The summed E-state index contributed by atoms with van der Waals surface area (Å²) in [4.78, 5) is 11.3. The molecule has 0 aliphatic rings. The number of nitrogens with zero attached hydrogens (tertiary/aromatic N) is 1. The van der Waals surface area contributed by atoms with Gasteiger partial charge in [-0.1, -0.05) is 0 Å². The van der Waals surface area contributed by atoms with Crippen molar-refractivity contribution in [3.05, 3.63) is 32.5 Å². The van der Waals surface area contributed by atoms with Gasteiger partial charge in [0.15, 0.2) is 4.64 Å². The fraction of sp³-hybridized carbons (Fsp3) is 0.167. The van der Waals surface area contributed by atoms with E-state index in [0.717, 1.165) is 0 Å². The Morgan fingerprint density at radius 3 is 2.43 bits per heavy atom. The van der Waals surface area contributed by atoms with Gasteiger partial charge < -0.3 is 10.1 Å². The van der Waals surface area contributed by atoms with Crippen LogP contribution in [0, 0.1) is 14.8 Å². The van der Waals surface area contributed by atoms with Crippen molar-refractivity contribution in [2.75, 3.05) is 0 Å². The number of aromatic amines is 1. The van der Waals surface area contributed by atoms with Gasteiger partial charge in [0.2, 0.25) is 0 Å². The molecule has 1 aromatic rings. The van der Waals surface area contributed by atoms with Crippen LogP contribution in [0.5, 0.6) is 0 Å². The Morgan fingerprint density at radius 1 is 1.43 bits per heavy atom. The molecule has 1 aromatic heterocycles. The molecule has 1 N–H and O–H groups in total. The highest BCUT2D eigenvalue weighted by Crippen LogP contribution is 2.30. The Bertz CT molecular complexity index is 426. The van der Waals surface area contributed by atoms with Gasteiger partial charge in [-0.15, -0.1) is 0 Å². The largest absolute Gasteiger partial charge is 0.416 e. The summed E-state index contributed by atoms with van der Waals surface area (Å²) in [6.45, 7) is 0. The Kier molecular flexibility index (Phi) is 2.56. The average Bonchev–Trinajstić information content (AvgIpc) is 2.01. The second-order valence-corrected chi connectivity index (χ2v) is 2.81. The molecule has 0 saturated carbocycles. The number of alkyl halides is 3. The van der Waals surface area contributed by atoms with Crippen molar-refractivity contribution in [3.63, 3.8) is 0 Å². The lowest BCUT2D eigenvalue weighted by molar-refractivity contribution is -0.389. The van der Waals surface area contributed by atoms with Gasteiger partial charge in [0.05, 0.1) is 5.56 Å². The summed E-state index contributed by atoms with van der Waals surface area (Å²) in [7, 11) is 0. The fourth-order valence-corrected chi connectivity index (χ4v) is 1.02. The number of rotatable bonds is 1. The number of hydrogen-bond donors (Lipinski definition) is 1. The minimum Gasteiger partial charge on any atom is -0.358 e. The van der Waals surface area contributed by atoms with Crippen LogP contribution in [-0.2, 0) is 6.18 Å². The van der Waals surface area contributed by atoms with Crippen molar-refractivity contribution in [1.82, 2.24) is 4.98 Å². The van der Waals surface area contributed by atoms with Gasteiger partial charge in [0, 0.05) is 12.1 Å². The van der Waals surface area contributed by atoms with Crippen LogP contribution in [-0.4, -0.2) is 9.91 Å². The van der Waals surface area contributed by atoms with Crippen LogP contribution in [0.1, 0.15) is 5.56 Å². The van der Waals surface area contributed by atoms with Crippen LogP contribution in [0.2, 0.25) is 0 Å². The molecule has 0 unspecified atom stereocenters. The highest BCUT2D eigenvalue weighted by atomic mass is 32.1. The van der Waals surface area contributed by atoms with Gasteiger partial charge >= 0.3 is 12.0 Å². The van der Waals surface area contributed by atoms with E-state index in [9.17, 15) is 23.3 Å². The molecule has 0 radical (unpaired) electrons. The SMILES string of the molecule is O=[N+]([O-])c1cc(C(F)(F)F)cc(=S)[nH]1. The zero-order valence-electron chi connectivity index (χ0n) is 6.46. The molecule has 0 saturated heterocycles. The van der Waals surface area contributed by atoms with E-state index in [-0.39, 0.29) is 4.64 Å². The Morgan fingerprint density at radius 2 is 2.00 bits per heavy atom. The third kappa shape index (κ3) is 2.28. The predicted molar refractivity (Wildman–Crippen MR) is 43.3 cm³/mol. The fourth-order valence-electron chi connectivity index (χ4n) is 0.791. The molecule has 1 rings (SSSR count). The van der Waals surface area contributed by atoms with Crippen molar-refractivity contribution >= 4 is 18.0 Å². The number of pyridine rings is 1. The molecule has 0 amide bonds. The summed E-state index contributed by atoms with van der Waals surface area (Å²) in [5, 5.41) is 10.2. The number of halogens is 3. The molecule has 0 bridgehead atoms. The van der Waals surface area contributed by atoms with Crippen LogP contribution in [0.3, 0.4) is 0 Å². The standard InChI is InChI=1S/C6H3F3N2O2S/c7-6(8,9)3-1-4(11(12)13)10-5(14)2-3/h1-2H,(H,10,14). The summed E-state index contributed by atoms with van der Waals surface area (Å²) in [5.74, 6) is -0.773.